The van der Waals surface area contributed by atoms with E-state index in [-0.39, 0.29) is 16.6 Å². The van der Waals surface area contributed by atoms with Crippen LogP contribution in [-0.4, -0.2) is 20.0 Å². The monoisotopic (exact) mass is 461 g/mol. The Morgan fingerprint density at radius 1 is 1.04 bits per heavy atom. The molecule has 0 aliphatic heterocycles. The topological polar surface area (TPSA) is 101 Å². The van der Waals surface area contributed by atoms with Crippen LogP contribution < -0.4 is 10.1 Å². The molecule has 0 saturated heterocycles. The first-order chi connectivity index (χ1) is 13.3. The number of halogens is 1. The van der Waals surface area contributed by atoms with Gasteiger partial charge in [-0.15, -0.1) is 0 Å². The molecule has 1 heterocycles. The largest absolute Gasteiger partial charge is 0.459 e. The van der Waals surface area contributed by atoms with Gasteiger partial charge in [-0.1, -0.05) is 28.1 Å². The second-order valence-electron chi connectivity index (χ2n) is 5.75. The molecule has 0 spiro atoms. The maximum absolute atomic E-state index is 12.3. The summed E-state index contributed by atoms with van der Waals surface area (Å²) in [5.74, 6) is -0.144. The molecule has 0 bridgehead atoms. The van der Waals surface area contributed by atoms with Crippen molar-refractivity contribution in [3.63, 3.8) is 0 Å². The third-order valence-corrected chi connectivity index (χ3v) is 5.52. The molecular formula is C19H16BrN3O4S. The van der Waals surface area contributed by atoms with Crippen LogP contribution in [-0.2, 0) is 10.0 Å². The number of carbonyl (C=O) groups excluding carboxylic acids is 1. The van der Waals surface area contributed by atoms with Crippen LogP contribution in [0, 0.1) is 0 Å². The molecule has 1 amide bonds. The van der Waals surface area contributed by atoms with Crippen molar-refractivity contribution in [1.29, 1.82) is 0 Å². The lowest BCUT2D eigenvalue weighted by atomic mass is 10.1. The zero-order valence-electron chi connectivity index (χ0n) is 14.7. The summed E-state index contributed by atoms with van der Waals surface area (Å²) in [6.45, 7) is 1.68. The first-order valence-corrected chi connectivity index (χ1v) is 10.4. The van der Waals surface area contributed by atoms with Gasteiger partial charge in [0.1, 0.15) is 0 Å². The molecule has 28 heavy (non-hydrogen) atoms. The van der Waals surface area contributed by atoms with E-state index in [1.165, 1.54) is 18.4 Å². The lowest BCUT2D eigenvalue weighted by molar-refractivity contribution is 0.0996. The molecule has 0 radical (unpaired) electrons. The number of nitrogens with zero attached hydrogens (tertiary/aromatic N) is 1. The Morgan fingerprint density at radius 3 is 2.32 bits per heavy atom. The molecule has 0 atom stereocenters. The number of nitrogens with one attached hydrogen (secondary N) is 2. The lowest BCUT2D eigenvalue weighted by Gasteiger charge is -2.07. The Hall–Kier alpha value is -2.91. The van der Waals surface area contributed by atoms with Gasteiger partial charge in [0.15, 0.2) is 5.76 Å². The van der Waals surface area contributed by atoms with Gasteiger partial charge in [-0.2, -0.15) is 18.4 Å². The number of hydrogen-bond donors (Lipinski definition) is 2. The number of furan rings is 1. The van der Waals surface area contributed by atoms with Gasteiger partial charge in [-0.25, -0.2) is 0 Å². The van der Waals surface area contributed by atoms with Crippen LogP contribution in [0.3, 0.4) is 0 Å². The number of rotatable bonds is 6. The van der Waals surface area contributed by atoms with E-state index in [0.29, 0.717) is 17.0 Å². The second-order valence-corrected chi connectivity index (χ2v) is 8.33. The summed E-state index contributed by atoms with van der Waals surface area (Å²) in [5.41, 5.74) is 1.76. The summed E-state index contributed by atoms with van der Waals surface area (Å²) >= 11 is 3.26. The molecule has 2 aromatic carbocycles. The Morgan fingerprint density at radius 2 is 1.71 bits per heavy atom. The van der Waals surface area contributed by atoms with E-state index in [0.717, 1.165) is 4.47 Å². The molecule has 0 aliphatic carbocycles. The Bertz CT molecular complexity index is 1090. The molecule has 3 rings (SSSR count). The van der Waals surface area contributed by atoms with Gasteiger partial charge in [0, 0.05) is 10.2 Å². The van der Waals surface area contributed by atoms with Crippen molar-refractivity contribution in [2.45, 2.75) is 11.8 Å². The maximum atomic E-state index is 12.3. The SMILES string of the molecule is C/C(=N\NS(=O)(=O)c1ccc(Br)cc1)c1ccc(NC(=O)c2ccco2)cc1. The molecule has 2 N–H and O–H groups in total. The second kappa shape index (κ2) is 8.41. The summed E-state index contributed by atoms with van der Waals surface area (Å²) in [4.78, 5) is 14.3. The zero-order chi connectivity index (χ0) is 20.1. The molecule has 0 fully saturated rings. The average molecular weight is 462 g/mol. The maximum Gasteiger partial charge on any atom is 0.291 e. The van der Waals surface area contributed by atoms with Crippen LogP contribution in [0.15, 0.2) is 85.8 Å². The highest BCUT2D eigenvalue weighted by Crippen LogP contribution is 2.15. The van der Waals surface area contributed by atoms with Crippen molar-refractivity contribution in [1.82, 2.24) is 4.83 Å². The number of hydrogen-bond acceptors (Lipinski definition) is 5. The number of sulfonamides is 1. The fourth-order valence-electron chi connectivity index (χ4n) is 2.25. The summed E-state index contributed by atoms with van der Waals surface area (Å²) < 4.78 is 30.4. The number of anilines is 1. The van der Waals surface area contributed by atoms with Crippen molar-refractivity contribution in [3.8, 4) is 0 Å². The van der Waals surface area contributed by atoms with E-state index in [2.05, 4.69) is 31.2 Å². The fourth-order valence-corrected chi connectivity index (χ4v) is 3.38. The number of carbonyl (C=O) groups is 1. The number of hydrazone groups is 1. The van der Waals surface area contributed by atoms with Gasteiger partial charge >= 0.3 is 0 Å². The molecule has 1 aromatic heterocycles. The van der Waals surface area contributed by atoms with E-state index < -0.39 is 10.0 Å². The van der Waals surface area contributed by atoms with Crippen LogP contribution in [0.4, 0.5) is 5.69 Å². The van der Waals surface area contributed by atoms with Crippen molar-refractivity contribution in [3.05, 3.63) is 82.7 Å². The summed E-state index contributed by atoms with van der Waals surface area (Å²) in [5, 5.41) is 6.67. The smallest absolute Gasteiger partial charge is 0.291 e. The van der Waals surface area contributed by atoms with Crippen LogP contribution >= 0.6 is 15.9 Å². The van der Waals surface area contributed by atoms with E-state index in [1.54, 1.807) is 55.5 Å². The lowest BCUT2D eigenvalue weighted by Crippen LogP contribution is -2.20. The number of amides is 1. The predicted octanol–water partition coefficient (Wildman–Crippen LogP) is 4.00. The highest BCUT2D eigenvalue weighted by molar-refractivity contribution is 9.10. The molecule has 0 aliphatic rings. The van der Waals surface area contributed by atoms with Crippen LogP contribution in [0.25, 0.3) is 0 Å². The normalized spacial score (nSPS) is 11.9. The highest BCUT2D eigenvalue weighted by Gasteiger charge is 2.13. The van der Waals surface area contributed by atoms with Gasteiger partial charge in [0.05, 0.1) is 16.9 Å². The molecule has 0 unspecified atom stereocenters. The van der Waals surface area contributed by atoms with Gasteiger partial charge in [0.2, 0.25) is 0 Å². The van der Waals surface area contributed by atoms with Crippen molar-refractivity contribution in [2.24, 2.45) is 5.10 Å². The van der Waals surface area contributed by atoms with Gasteiger partial charge in [-0.05, 0) is 61.0 Å². The van der Waals surface area contributed by atoms with E-state index >= 15 is 0 Å². The minimum atomic E-state index is -3.76. The van der Waals surface area contributed by atoms with Crippen molar-refractivity contribution in [2.75, 3.05) is 5.32 Å². The van der Waals surface area contributed by atoms with Gasteiger partial charge in [-0.3, -0.25) is 4.79 Å². The Labute approximate surface area is 170 Å². The number of benzene rings is 2. The minimum absolute atomic E-state index is 0.114. The molecule has 144 valence electrons. The van der Waals surface area contributed by atoms with E-state index in [1.807, 2.05) is 0 Å². The molecule has 7 nitrogen and oxygen atoms in total. The van der Waals surface area contributed by atoms with Gasteiger partial charge < -0.3 is 9.73 Å². The quantitative estimate of drug-likeness (QED) is 0.427. The van der Waals surface area contributed by atoms with Crippen LogP contribution in [0.1, 0.15) is 23.0 Å². The van der Waals surface area contributed by atoms with Crippen LogP contribution in [0.5, 0.6) is 0 Å². The third-order valence-electron chi connectivity index (χ3n) is 3.76. The summed E-state index contributed by atoms with van der Waals surface area (Å²) in [6.07, 6.45) is 1.42. The first kappa shape index (κ1) is 19.8. The van der Waals surface area contributed by atoms with Crippen LogP contribution in [0.2, 0.25) is 0 Å². The average Bonchev–Trinajstić information content (AvgIpc) is 3.22. The fraction of sp³-hybridized carbons (Fsp3) is 0.0526. The highest BCUT2D eigenvalue weighted by atomic mass is 79.9. The third kappa shape index (κ3) is 4.87. The molecule has 0 saturated carbocycles. The van der Waals surface area contributed by atoms with Gasteiger partial charge in [0.25, 0.3) is 15.9 Å². The van der Waals surface area contributed by atoms with Crippen molar-refractivity contribution >= 4 is 43.3 Å². The van der Waals surface area contributed by atoms with Crippen molar-refractivity contribution < 1.29 is 17.6 Å². The summed E-state index contributed by atoms with van der Waals surface area (Å²) in [6, 6.07) is 16.3. The van der Waals surface area contributed by atoms with E-state index in [4.69, 9.17) is 4.42 Å². The molecular weight excluding hydrogens is 446 g/mol. The minimum Gasteiger partial charge on any atom is -0.459 e. The molecule has 3 aromatic rings. The Kier molecular flexibility index (Phi) is 5.96. The van der Waals surface area contributed by atoms with E-state index in [9.17, 15) is 13.2 Å². The molecule has 9 heteroatoms. The predicted molar refractivity (Wildman–Crippen MR) is 110 cm³/mol. The first-order valence-electron chi connectivity index (χ1n) is 8.12. The summed E-state index contributed by atoms with van der Waals surface area (Å²) in [7, 11) is -3.76. The standard InChI is InChI=1S/C19H16BrN3O4S/c1-13(22-23-28(25,26)17-10-6-15(20)7-11-17)14-4-8-16(9-5-14)21-19(24)18-3-2-12-27-18/h2-12,23H,1H3,(H,21,24)/b22-13+. The Balaban J connectivity index is 1.67. The zero-order valence-corrected chi connectivity index (χ0v) is 17.1.